The monoisotopic (exact) mass is 402 g/mol. The Hall–Kier alpha value is -0.600. The first-order valence-corrected chi connectivity index (χ1v) is 12.5. The summed E-state index contributed by atoms with van der Waals surface area (Å²) in [6, 6.07) is 0. The number of fused-ring (bicyclic) bond motifs is 1. The number of aliphatic hydroxyl groups excluding tert-OH is 2. The van der Waals surface area contributed by atoms with E-state index in [1.165, 1.54) is 56.9 Å². The lowest BCUT2D eigenvalue weighted by Gasteiger charge is -2.44. The summed E-state index contributed by atoms with van der Waals surface area (Å²) in [5, 5.41) is 19.8. The number of hydrogen-bond acceptors (Lipinski definition) is 2. The molecule has 3 aliphatic carbocycles. The molecule has 2 nitrogen and oxygen atoms in total. The quantitative estimate of drug-likeness (QED) is 0.499. The summed E-state index contributed by atoms with van der Waals surface area (Å²) in [6.45, 7) is 10.0. The van der Waals surface area contributed by atoms with Crippen molar-refractivity contribution in [1.82, 2.24) is 0 Å². The molecule has 0 spiro atoms. The molecule has 0 aromatic carbocycles. The van der Waals surface area contributed by atoms with Gasteiger partial charge in [0.1, 0.15) is 0 Å². The standard InChI is InChI=1S/C27H46O2/c1-19(2)7-5-8-20(3)25-14-15-26-21(9-6-16-27(25,26)4)10-11-22-17-24(29)13-12-23(22)18-28/h10-11,19-20,23-26,28-29H,5-9,12-18H2,1-4H3/b21-10+,22-11-/t20-,23-,24+,25-,26+,27-/m1/s1. The molecule has 6 atom stereocenters. The Bertz CT molecular complexity index is 589. The van der Waals surface area contributed by atoms with Crippen LogP contribution in [0, 0.1) is 35.0 Å². The van der Waals surface area contributed by atoms with Gasteiger partial charge < -0.3 is 10.2 Å². The van der Waals surface area contributed by atoms with Crippen LogP contribution in [0.15, 0.2) is 23.3 Å². The highest BCUT2D eigenvalue weighted by Crippen LogP contribution is 2.59. The predicted molar refractivity (Wildman–Crippen MR) is 123 cm³/mol. The first-order chi connectivity index (χ1) is 13.8. The second kappa shape index (κ2) is 10.1. The highest BCUT2D eigenvalue weighted by Gasteiger charge is 2.50. The number of rotatable bonds is 7. The molecule has 0 aromatic rings. The third kappa shape index (κ3) is 5.37. The van der Waals surface area contributed by atoms with E-state index in [0.717, 1.165) is 42.9 Å². The number of hydrogen-bond donors (Lipinski definition) is 2. The molecule has 3 saturated carbocycles. The van der Waals surface area contributed by atoms with E-state index in [2.05, 4.69) is 39.8 Å². The maximum Gasteiger partial charge on any atom is 0.0577 e. The number of allylic oxidation sites excluding steroid dienone is 3. The minimum Gasteiger partial charge on any atom is -0.396 e. The van der Waals surface area contributed by atoms with Crippen molar-refractivity contribution in [3.63, 3.8) is 0 Å². The zero-order valence-electron chi connectivity index (χ0n) is 19.5. The molecule has 0 bridgehead atoms. The maximum atomic E-state index is 10.1. The molecule has 0 aromatic heterocycles. The molecule has 3 rings (SSSR count). The summed E-state index contributed by atoms with van der Waals surface area (Å²) in [5.74, 6) is 3.54. The van der Waals surface area contributed by atoms with Gasteiger partial charge in [-0.05, 0) is 80.5 Å². The third-order valence-corrected chi connectivity index (χ3v) is 8.74. The molecule has 29 heavy (non-hydrogen) atoms. The van der Waals surface area contributed by atoms with Gasteiger partial charge in [-0.1, -0.05) is 70.3 Å². The van der Waals surface area contributed by atoms with Gasteiger partial charge in [0.25, 0.3) is 0 Å². The molecule has 3 aliphatic rings. The van der Waals surface area contributed by atoms with Gasteiger partial charge in [-0.2, -0.15) is 0 Å². The van der Waals surface area contributed by atoms with E-state index in [4.69, 9.17) is 0 Å². The van der Waals surface area contributed by atoms with Gasteiger partial charge in [-0.15, -0.1) is 0 Å². The van der Waals surface area contributed by atoms with Gasteiger partial charge in [0.05, 0.1) is 6.10 Å². The highest BCUT2D eigenvalue weighted by molar-refractivity contribution is 5.27. The fourth-order valence-corrected chi connectivity index (χ4v) is 7.01. The normalized spacial score (nSPS) is 39.3. The average molecular weight is 403 g/mol. The van der Waals surface area contributed by atoms with Crippen LogP contribution in [0.2, 0.25) is 0 Å². The largest absolute Gasteiger partial charge is 0.396 e. The molecular formula is C27H46O2. The minimum atomic E-state index is -0.221. The summed E-state index contributed by atoms with van der Waals surface area (Å²) in [7, 11) is 0. The van der Waals surface area contributed by atoms with Gasteiger partial charge >= 0.3 is 0 Å². The van der Waals surface area contributed by atoms with Gasteiger partial charge in [-0.25, -0.2) is 0 Å². The Morgan fingerprint density at radius 3 is 2.52 bits per heavy atom. The Kier molecular flexibility index (Phi) is 8.07. The SMILES string of the molecule is CC(C)CCC[C@@H](C)[C@H]1CC[C@H]2/C(=C/C=C3/C[C@@H](O)CC[C@@H]3CO)CCC[C@]12C. The predicted octanol–water partition coefficient (Wildman–Crippen LogP) is 6.67. The lowest BCUT2D eigenvalue weighted by Crippen LogP contribution is -2.36. The Balaban J connectivity index is 1.70. The molecule has 0 saturated heterocycles. The van der Waals surface area contributed by atoms with Gasteiger partial charge in [-0.3, -0.25) is 0 Å². The zero-order chi connectivity index (χ0) is 21.0. The first kappa shape index (κ1) is 23.1. The van der Waals surface area contributed by atoms with Crippen molar-refractivity contribution in [1.29, 1.82) is 0 Å². The van der Waals surface area contributed by atoms with Gasteiger partial charge in [0.2, 0.25) is 0 Å². The summed E-state index contributed by atoms with van der Waals surface area (Å²) >= 11 is 0. The summed E-state index contributed by atoms with van der Waals surface area (Å²) in [4.78, 5) is 0. The van der Waals surface area contributed by atoms with Crippen molar-refractivity contribution in [2.24, 2.45) is 35.0 Å². The van der Waals surface area contributed by atoms with Crippen molar-refractivity contribution >= 4 is 0 Å². The van der Waals surface area contributed by atoms with Crippen molar-refractivity contribution < 1.29 is 10.2 Å². The molecule has 2 N–H and O–H groups in total. The van der Waals surface area contributed by atoms with E-state index >= 15 is 0 Å². The van der Waals surface area contributed by atoms with E-state index in [0.29, 0.717) is 5.41 Å². The lowest BCUT2D eigenvalue weighted by atomic mass is 9.60. The second-order valence-electron chi connectivity index (χ2n) is 11.2. The van der Waals surface area contributed by atoms with E-state index in [1.54, 1.807) is 5.57 Å². The molecule has 2 heteroatoms. The Morgan fingerprint density at radius 2 is 1.79 bits per heavy atom. The van der Waals surface area contributed by atoms with Crippen LogP contribution in [-0.2, 0) is 0 Å². The molecule has 166 valence electrons. The van der Waals surface area contributed by atoms with Crippen molar-refractivity contribution in [2.75, 3.05) is 6.61 Å². The molecule has 3 fully saturated rings. The van der Waals surface area contributed by atoms with Crippen LogP contribution in [-0.4, -0.2) is 22.9 Å². The van der Waals surface area contributed by atoms with Crippen molar-refractivity contribution in [3.05, 3.63) is 23.3 Å². The van der Waals surface area contributed by atoms with Crippen LogP contribution < -0.4 is 0 Å². The molecule has 0 heterocycles. The number of aliphatic hydroxyl groups is 2. The smallest absolute Gasteiger partial charge is 0.0577 e. The molecule has 0 amide bonds. The third-order valence-electron chi connectivity index (χ3n) is 8.74. The zero-order valence-corrected chi connectivity index (χ0v) is 19.5. The van der Waals surface area contributed by atoms with E-state index in [-0.39, 0.29) is 18.6 Å². The van der Waals surface area contributed by atoms with Crippen molar-refractivity contribution in [3.8, 4) is 0 Å². The summed E-state index contributed by atoms with van der Waals surface area (Å²) < 4.78 is 0. The fourth-order valence-electron chi connectivity index (χ4n) is 7.01. The second-order valence-corrected chi connectivity index (χ2v) is 11.2. The van der Waals surface area contributed by atoms with Crippen LogP contribution in [0.1, 0.15) is 98.3 Å². The summed E-state index contributed by atoms with van der Waals surface area (Å²) in [5.41, 5.74) is 3.39. The topological polar surface area (TPSA) is 40.5 Å². The van der Waals surface area contributed by atoms with E-state index in [9.17, 15) is 10.2 Å². The Morgan fingerprint density at radius 1 is 1.03 bits per heavy atom. The van der Waals surface area contributed by atoms with Crippen LogP contribution >= 0.6 is 0 Å². The lowest BCUT2D eigenvalue weighted by molar-refractivity contribution is 0.0928. The van der Waals surface area contributed by atoms with E-state index < -0.39 is 0 Å². The van der Waals surface area contributed by atoms with Crippen LogP contribution in [0.5, 0.6) is 0 Å². The average Bonchev–Trinajstić information content (AvgIpc) is 3.03. The van der Waals surface area contributed by atoms with Crippen LogP contribution in [0.3, 0.4) is 0 Å². The molecule has 0 radical (unpaired) electrons. The molecule has 0 unspecified atom stereocenters. The molecular weight excluding hydrogens is 356 g/mol. The van der Waals surface area contributed by atoms with E-state index in [1.807, 2.05) is 0 Å². The first-order valence-electron chi connectivity index (χ1n) is 12.5. The summed E-state index contributed by atoms with van der Waals surface area (Å²) in [6.07, 6.45) is 17.8. The minimum absolute atomic E-state index is 0.221. The van der Waals surface area contributed by atoms with Gasteiger partial charge in [0.15, 0.2) is 0 Å². The van der Waals surface area contributed by atoms with Crippen molar-refractivity contribution in [2.45, 2.75) is 104 Å². The van der Waals surface area contributed by atoms with Crippen LogP contribution in [0.4, 0.5) is 0 Å². The maximum absolute atomic E-state index is 10.1. The van der Waals surface area contributed by atoms with Crippen LogP contribution in [0.25, 0.3) is 0 Å². The fraction of sp³-hybridized carbons (Fsp3) is 0.852. The Labute approximate surface area is 179 Å². The highest BCUT2D eigenvalue weighted by atomic mass is 16.3. The van der Waals surface area contributed by atoms with Gasteiger partial charge in [0, 0.05) is 12.5 Å². The molecule has 0 aliphatic heterocycles.